The normalized spacial score (nSPS) is 8.79. The van der Waals surface area contributed by atoms with Crippen molar-refractivity contribution in [1.29, 1.82) is 5.26 Å². The lowest BCUT2D eigenvalue weighted by Crippen LogP contribution is -2.04. The third-order valence-corrected chi connectivity index (χ3v) is 1.59. The predicted octanol–water partition coefficient (Wildman–Crippen LogP) is 0.825. The van der Waals surface area contributed by atoms with E-state index < -0.39 is 5.97 Å². The van der Waals surface area contributed by atoms with Crippen molar-refractivity contribution in [3.63, 3.8) is 0 Å². The number of nitrogens with zero attached hydrogens (tertiary/aromatic N) is 1. The SMILES string of the molecule is N#Cc1ccc(C(=O)O)c(NC=O)c1. The summed E-state index contributed by atoms with van der Waals surface area (Å²) in [5, 5.41) is 19.5. The molecule has 0 aliphatic carbocycles. The number of carbonyl (C=O) groups is 2. The zero-order valence-corrected chi connectivity index (χ0v) is 7.02. The maximum Gasteiger partial charge on any atom is 0.337 e. The van der Waals surface area contributed by atoms with Gasteiger partial charge in [0.1, 0.15) is 0 Å². The Morgan fingerprint density at radius 3 is 2.79 bits per heavy atom. The molecule has 0 saturated heterocycles. The fourth-order valence-corrected chi connectivity index (χ4v) is 0.983. The predicted molar refractivity (Wildman–Crippen MR) is 47.8 cm³/mol. The smallest absolute Gasteiger partial charge is 0.337 e. The first-order chi connectivity index (χ1) is 6.69. The fraction of sp³-hybridized carbons (Fsp3) is 0. The number of rotatable bonds is 3. The van der Waals surface area contributed by atoms with Crippen LogP contribution < -0.4 is 5.32 Å². The van der Waals surface area contributed by atoms with Crippen LogP contribution >= 0.6 is 0 Å². The molecule has 0 unspecified atom stereocenters. The Labute approximate surface area is 79.6 Å². The molecule has 0 saturated carbocycles. The van der Waals surface area contributed by atoms with Gasteiger partial charge in [0, 0.05) is 0 Å². The molecule has 5 nitrogen and oxygen atoms in total. The average molecular weight is 190 g/mol. The molecule has 0 atom stereocenters. The molecule has 0 radical (unpaired) electrons. The summed E-state index contributed by atoms with van der Waals surface area (Å²) in [7, 11) is 0. The fourth-order valence-electron chi connectivity index (χ4n) is 0.983. The molecule has 1 rings (SSSR count). The lowest BCUT2D eigenvalue weighted by atomic mass is 10.1. The highest BCUT2D eigenvalue weighted by atomic mass is 16.4. The number of carboxylic acids is 1. The van der Waals surface area contributed by atoms with Gasteiger partial charge in [-0.15, -0.1) is 0 Å². The van der Waals surface area contributed by atoms with E-state index in [1.54, 1.807) is 0 Å². The van der Waals surface area contributed by atoms with Gasteiger partial charge in [0.15, 0.2) is 0 Å². The highest BCUT2D eigenvalue weighted by molar-refractivity contribution is 5.96. The Morgan fingerprint density at radius 2 is 2.29 bits per heavy atom. The number of hydrogen-bond acceptors (Lipinski definition) is 3. The molecule has 0 aliphatic heterocycles. The highest BCUT2D eigenvalue weighted by Crippen LogP contribution is 2.16. The number of nitriles is 1. The second kappa shape index (κ2) is 4.05. The van der Waals surface area contributed by atoms with Crippen LogP contribution in [0.5, 0.6) is 0 Å². The monoisotopic (exact) mass is 190 g/mol. The highest BCUT2D eigenvalue weighted by Gasteiger charge is 2.09. The topological polar surface area (TPSA) is 90.2 Å². The van der Waals surface area contributed by atoms with Crippen LogP contribution in [0.3, 0.4) is 0 Å². The molecular formula is C9H6N2O3. The van der Waals surface area contributed by atoms with Crippen LogP contribution in [0.4, 0.5) is 5.69 Å². The minimum Gasteiger partial charge on any atom is -0.478 e. The summed E-state index contributed by atoms with van der Waals surface area (Å²) in [4.78, 5) is 20.8. The second-order valence-electron chi connectivity index (χ2n) is 2.44. The van der Waals surface area contributed by atoms with Crippen molar-refractivity contribution in [1.82, 2.24) is 0 Å². The van der Waals surface area contributed by atoms with Crippen molar-refractivity contribution in [2.24, 2.45) is 0 Å². The number of carbonyl (C=O) groups excluding carboxylic acids is 1. The van der Waals surface area contributed by atoms with Crippen LogP contribution in [0.1, 0.15) is 15.9 Å². The Hall–Kier alpha value is -2.35. The van der Waals surface area contributed by atoms with E-state index in [9.17, 15) is 9.59 Å². The van der Waals surface area contributed by atoms with Crippen LogP contribution in [0.2, 0.25) is 0 Å². The van der Waals surface area contributed by atoms with Crippen molar-refractivity contribution in [2.75, 3.05) is 5.32 Å². The summed E-state index contributed by atoms with van der Waals surface area (Å²) in [6.45, 7) is 0. The molecule has 0 bridgehead atoms. The Kier molecular flexibility index (Phi) is 2.82. The standard InChI is InChI=1S/C9H6N2O3/c10-4-6-1-2-7(9(13)14)8(3-6)11-5-12/h1-3,5H,(H,11,12)(H,13,14). The van der Waals surface area contributed by atoms with E-state index in [-0.39, 0.29) is 11.3 Å². The van der Waals surface area contributed by atoms with Gasteiger partial charge in [-0.3, -0.25) is 4.79 Å². The van der Waals surface area contributed by atoms with Crippen molar-refractivity contribution in [3.05, 3.63) is 29.3 Å². The molecule has 1 aromatic rings. The summed E-state index contributed by atoms with van der Waals surface area (Å²) >= 11 is 0. The van der Waals surface area contributed by atoms with E-state index >= 15 is 0 Å². The number of benzene rings is 1. The quantitative estimate of drug-likeness (QED) is 0.690. The van der Waals surface area contributed by atoms with Crippen molar-refractivity contribution in [3.8, 4) is 6.07 Å². The molecule has 1 amide bonds. The number of anilines is 1. The molecule has 0 fully saturated rings. The zero-order chi connectivity index (χ0) is 10.6. The molecule has 0 aromatic heterocycles. The first kappa shape index (κ1) is 9.74. The van der Waals surface area contributed by atoms with Gasteiger partial charge < -0.3 is 10.4 Å². The van der Waals surface area contributed by atoms with Crippen molar-refractivity contribution < 1.29 is 14.7 Å². The third-order valence-electron chi connectivity index (χ3n) is 1.59. The summed E-state index contributed by atoms with van der Waals surface area (Å²) in [5.41, 5.74) is 0.363. The first-order valence-corrected chi connectivity index (χ1v) is 3.66. The van der Waals surface area contributed by atoms with Gasteiger partial charge in [-0.2, -0.15) is 5.26 Å². The van der Waals surface area contributed by atoms with Crippen molar-refractivity contribution in [2.45, 2.75) is 0 Å². The zero-order valence-electron chi connectivity index (χ0n) is 7.02. The van der Waals surface area contributed by atoms with E-state index in [0.29, 0.717) is 12.0 Å². The molecule has 70 valence electrons. The maximum absolute atomic E-state index is 10.7. The first-order valence-electron chi connectivity index (χ1n) is 3.66. The largest absolute Gasteiger partial charge is 0.478 e. The van der Waals surface area contributed by atoms with Crippen LogP contribution in [0.25, 0.3) is 0 Å². The van der Waals surface area contributed by atoms with Crippen LogP contribution in [-0.4, -0.2) is 17.5 Å². The minimum absolute atomic E-state index is 0.0453. The van der Waals surface area contributed by atoms with E-state index in [1.165, 1.54) is 18.2 Å². The number of hydrogen-bond donors (Lipinski definition) is 2. The number of nitrogens with one attached hydrogen (secondary N) is 1. The minimum atomic E-state index is -1.15. The Balaban J connectivity index is 3.24. The number of aromatic carboxylic acids is 1. The van der Waals surface area contributed by atoms with E-state index in [1.807, 2.05) is 6.07 Å². The lowest BCUT2D eigenvalue weighted by molar-refractivity contribution is -0.105. The van der Waals surface area contributed by atoms with Gasteiger partial charge in [0.05, 0.1) is 22.9 Å². The molecular weight excluding hydrogens is 184 g/mol. The van der Waals surface area contributed by atoms with E-state index in [4.69, 9.17) is 10.4 Å². The van der Waals surface area contributed by atoms with Gasteiger partial charge >= 0.3 is 5.97 Å². The molecule has 2 N–H and O–H groups in total. The lowest BCUT2D eigenvalue weighted by Gasteiger charge is -2.03. The van der Waals surface area contributed by atoms with Crippen LogP contribution in [0, 0.1) is 11.3 Å². The summed E-state index contributed by atoms with van der Waals surface area (Å²) in [6.07, 6.45) is 0.364. The van der Waals surface area contributed by atoms with Crippen LogP contribution in [-0.2, 0) is 4.79 Å². The van der Waals surface area contributed by atoms with Gasteiger partial charge in [-0.1, -0.05) is 0 Å². The van der Waals surface area contributed by atoms with Gasteiger partial charge in [0.2, 0.25) is 6.41 Å². The van der Waals surface area contributed by atoms with Crippen molar-refractivity contribution >= 4 is 18.1 Å². The molecule has 0 heterocycles. The summed E-state index contributed by atoms with van der Waals surface area (Å²) in [5.74, 6) is -1.15. The average Bonchev–Trinajstić information content (AvgIpc) is 2.17. The maximum atomic E-state index is 10.7. The van der Waals surface area contributed by atoms with E-state index in [0.717, 1.165) is 0 Å². The van der Waals surface area contributed by atoms with Crippen LogP contribution in [0.15, 0.2) is 18.2 Å². The Bertz CT molecular complexity index is 421. The molecule has 14 heavy (non-hydrogen) atoms. The summed E-state index contributed by atoms with van der Waals surface area (Å²) < 4.78 is 0. The number of carboxylic acid groups (broad SMARTS) is 1. The summed E-state index contributed by atoms with van der Waals surface area (Å²) in [6, 6.07) is 5.79. The second-order valence-corrected chi connectivity index (χ2v) is 2.44. The Morgan fingerprint density at radius 1 is 1.57 bits per heavy atom. The van der Waals surface area contributed by atoms with E-state index in [2.05, 4.69) is 5.32 Å². The van der Waals surface area contributed by atoms with Gasteiger partial charge in [-0.25, -0.2) is 4.79 Å². The van der Waals surface area contributed by atoms with Gasteiger partial charge in [0.25, 0.3) is 0 Å². The van der Waals surface area contributed by atoms with Gasteiger partial charge in [-0.05, 0) is 18.2 Å². The number of amides is 1. The molecule has 1 aromatic carbocycles. The molecule has 0 spiro atoms. The third kappa shape index (κ3) is 1.87. The molecule has 5 heteroatoms. The molecule has 0 aliphatic rings.